The van der Waals surface area contributed by atoms with E-state index in [1.54, 1.807) is 6.20 Å². The van der Waals surface area contributed by atoms with Crippen LogP contribution in [0.3, 0.4) is 0 Å². The maximum Gasteiger partial charge on any atom is 0.257 e. The highest BCUT2D eigenvalue weighted by Gasteiger charge is 2.25. The Kier molecular flexibility index (Phi) is 4.67. The maximum absolute atomic E-state index is 13.1. The second kappa shape index (κ2) is 7.15. The summed E-state index contributed by atoms with van der Waals surface area (Å²) in [5, 5.41) is 3.45. The highest BCUT2D eigenvalue weighted by molar-refractivity contribution is 5.99. The lowest BCUT2D eigenvalue weighted by Gasteiger charge is -2.28. The molecule has 1 aliphatic rings. The SMILES string of the molecule is CC[C@H]1Cn2cc(C(=O)NCc3ccc(C)cc3)c(=O)c3c(C)ccc(c32)O1. The molecule has 4 rings (SSSR count). The molecule has 5 nitrogen and oxygen atoms in total. The van der Waals surface area contributed by atoms with Crippen molar-refractivity contribution in [3.8, 4) is 5.75 Å². The smallest absolute Gasteiger partial charge is 0.257 e. The fourth-order valence-corrected chi connectivity index (χ4v) is 3.69. The molecule has 0 saturated heterocycles. The minimum absolute atomic E-state index is 0.0318. The van der Waals surface area contributed by atoms with Crippen molar-refractivity contribution in [3.63, 3.8) is 0 Å². The summed E-state index contributed by atoms with van der Waals surface area (Å²) in [6.07, 6.45) is 2.57. The van der Waals surface area contributed by atoms with E-state index in [9.17, 15) is 9.59 Å². The van der Waals surface area contributed by atoms with Gasteiger partial charge in [-0.3, -0.25) is 9.59 Å². The van der Waals surface area contributed by atoms with Crippen molar-refractivity contribution in [2.75, 3.05) is 0 Å². The molecule has 144 valence electrons. The molecular weight excluding hydrogens is 352 g/mol. The van der Waals surface area contributed by atoms with E-state index in [0.717, 1.165) is 23.1 Å². The Labute approximate surface area is 163 Å². The van der Waals surface area contributed by atoms with Gasteiger partial charge in [-0.1, -0.05) is 42.8 Å². The van der Waals surface area contributed by atoms with Crippen LogP contribution in [0.5, 0.6) is 5.75 Å². The van der Waals surface area contributed by atoms with Crippen LogP contribution in [0.25, 0.3) is 10.9 Å². The fourth-order valence-electron chi connectivity index (χ4n) is 3.69. The molecule has 5 heteroatoms. The quantitative estimate of drug-likeness (QED) is 0.755. The Morgan fingerprint density at radius 3 is 2.64 bits per heavy atom. The summed E-state index contributed by atoms with van der Waals surface area (Å²) in [5.74, 6) is 0.364. The van der Waals surface area contributed by atoms with E-state index >= 15 is 0 Å². The number of aromatic nitrogens is 1. The van der Waals surface area contributed by atoms with Crippen LogP contribution in [0.2, 0.25) is 0 Å². The van der Waals surface area contributed by atoms with E-state index in [0.29, 0.717) is 24.2 Å². The first-order valence-corrected chi connectivity index (χ1v) is 9.65. The van der Waals surface area contributed by atoms with Crippen LogP contribution < -0.4 is 15.5 Å². The van der Waals surface area contributed by atoms with Crippen molar-refractivity contribution < 1.29 is 9.53 Å². The molecule has 1 amide bonds. The molecule has 2 aromatic carbocycles. The highest BCUT2D eigenvalue weighted by Crippen LogP contribution is 2.32. The lowest BCUT2D eigenvalue weighted by Crippen LogP contribution is -2.33. The number of nitrogens with one attached hydrogen (secondary N) is 1. The first-order chi connectivity index (χ1) is 13.5. The number of carbonyl (C=O) groups is 1. The van der Waals surface area contributed by atoms with Crippen LogP contribution in [0.4, 0.5) is 0 Å². The van der Waals surface area contributed by atoms with Gasteiger partial charge < -0.3 is 14.6 Å². The van der Waals surface area contributed by atoms with Gasteiger partial charge in [0.05, 0.1) is 17.4 Å². The zero-order valence-electron chi connectivity index (χ0n) is 16.4. The average Bonchev–Trinajstić information content (AvgIpc) is 2.70. The van der Waals surface area contributed by atoms with Crippen LogP contribution >= 0.6 is 0 Å². The summed E-state index contributed by atoms with van der Waals surface area (Å²) in [4.78, 5) is 25.9. The molecule has 0 saturated carbocycles. The number of aryl methyl sites for hydroxylation is 2. The molecule has 0 aliphatic carbocycles. The van der Waals surface area contributed by atoms with Crippen LogP contribution in [-0.4, -0.2) is 16.6 Å². The van der Waals surface area contributed by atoms with Crippen molar-refractivity contribution >= 4 is 16.8 Å². The number of ether oxygens (including phenoxy) is 1. The Morgan fingerprint density at radius 2 is 1.93 bits per heavy atom. The molecule has 0 bridgehead atoms. The summed E-state index contributed by atoms with van der Waals surface area (Å²) < 4.78 is 8.02. The van der Waals surface area contributed by atoms with Crippen molar-refractivity contribution in [3.05, 3.63) is 75.1 Å². The van der Waals surface area contributed by atoms with Crippen molar-refractivity contribution in [1.29, 1.82) is 0 Å². The number of carbonyl (C=O) groups excluding carboxylic acids is 1. The Morgan fingerprint density at radius 1 is 1.18 bits per heavy atom. The fraction of sp³-hybridized carbons (Fsp3) is 0.304. The van der Waals surface area contributed by atoms with Gasteiger partial charge in [-0.05, 0) is 37.5 Å². The lowest BCUT2D eigenvalue weighted by atomic mass is 10.0. The number of hydrogen-bond donors (Lipinski definition) is 1. The summed E-state index contributed by atoms with van der Waals surface area (Å²) in [7, 11) is 0. The Balaban J connectivity index is 1.72. The van der Waals surface area contributed by atoms with Gasteiger partial charge in [-0.25, -0.2) is 0 Å². The largest absolute Gasteiger partial charge is 0.486 e. The van der Waals surface area contributed by atoms with Crippen LogP contribution in [0.15, 0.2) is 47.4 Å². The molecule has 0 spiro atoms. The van der Waals surface area contributed by atoms with Crippen LogP contribution in [-0.2, 0) is 13.1 Å². The van der Waals surface area contributed by atoms with Gasteiger partial charge >= 0.3 is 0 Å². The highest BCUT2D eigenvalue weighted by atomic mass is 16.5. The van der Waals surface area contributed by atoms with Crippen molar-refractivity contribution in [2.24, 2.45) is 0 Å². The molecule has 1 atom stereocenters. The summed E-state index contributed by atoms with van der Waals surface area (Å²) >= 11 is 0. The Bertz CT molecular complexity index is 1110. The molecule has 1 aliphatic heterocycles. The normalized spacial score (nSPS) is 15.3. The Hall–Kier alpha value is -3.08. The molecule has 0 unspecified atom stereocenters. The molecule has 3 aromatic rings. The van der Waals surface area contributed by atoms with Crippen molar-refractivity contribution in [1.82, 2.24) is 9.88 Å². The molecule has 2 heterocycles. The third kappa shape index (κ3) is 3.17. The molecule has 1 aromatic heterocycles. The monoisotopic (exact) mass is 376 g/mol. The number of rotatable bonds is 4. The topological polar surface area (TPSA) is 60.3 Å². The van der Waals surface area contributed by atoms with Gasteiger partial charge in [0, 0.05) is 12.7 Å². The third-order valence-corrected chi connectivity index (χ3v) is 5.36. The van der Waals surface area contributed by atoms with E-state index in [-0.39, 0.29) is 23.0 Å². The second-order valence-electron chi connectivity index (χ2n) is 7.44. The zero-order valence-corrected chi connectivity index (χ0v) is 16.4. The molecular formula is C23H24N2O3. The minimum atomic E-state index is -0.347. The van der Waals surface area contributed by atoms with Gasteiger partial charge in [0.2, 0.25) is 5.43 Å². The van der Waals surface area contributed by atoms with E-state index in [4.69, 9.17) is 4.74 Å². The van der Waals surface area contributed by atoms with Crippen LogP contribution in [0, 0.1) is 13.8 Å². The van der Waals surface area contributed by atoms with Gasteiger partial charge in [0.15, 0.2) is 0 Å². The van der Waals surface area contributed by atoms with E-state index in [1.165, 1.54) is 5.56 Å². The predicted molar refractivity (Wildman–Crippen MR) is 110 cm³/mol. The van der Waals surface area contributed by atoms with Gasteiger partial charge in [-0.2, -0.15) is 0 Å². The predicted octanol–water partition coefficient (Wildman–Crippen LogP) is 3.72. The molecule has 1 N–H and O–H groups in total. The lowest BCUT2D eigenvalue weighted by molar-refractivity contribution is 0.0948. The summed E-state index contributed by atoms with van der Waals surface area (Å²) in [5.41, 5.74) is 3.73. The number of nitrogens with zero attached hydrogens (tertiary/aromatic N) is 1. The minimum Gasteiger partial charge on any atom is -0.486 e. The summed E-state index contributed by atoms with van der Waals surface area (Å²) in [6.45, 7) is 7.00. The molecule has 0 fully saturated rings. The second-order valence-corrected chi connectivity index (χ2v) is 7.44. The first-order valence-electron chi connectivity index (χ1n) is 9.65. The average molecular weight is 376 g/mol. The van der Waals surface area contributed by atoms with E-state index in [2.05, 4.69) is 12.2 Å². The zero-order chi connectivity index (χ0) is 19.8. The van der Waals surface area contributed by atoms with Crippen molar-refractivity contribution in [2.45, 2.75) is 46.4 Å². The molecule has 28 heavy (non-hydrogen) atoms. The number of amides is 1. The van der Waals surface area contributed by atoms with E-state index in [1.807, 2.05) is 54.8 Å². The van der Waals surface area contributed by atoms with Gasteiger partial charge in [0.25, 0.3) is 5.91 Å². The number of benzene rings is 2. The molecule has 0 radical (unpaired) electrons. The summed E-state index contributed by atoms with van der Waals surface area (Å²) in [6, 6.07) is 11.8. The number of pyridine rings is 1. The van der Waals surface area contributed by atoms with Gasteiger partial charge in [0.1, 0.15) is 17.4 Å². The standard InChI is InChI=1S/C23H24N2O3/c1-4-17-12-25-13-18(23(27)24-11-16-8-5-14(2)6-9-16)22(26)20-15(3)7-10-19(28-17)21(20)25/h5-10,13,17H,4,11-12H2,1-3H3,(H,24,27)/t17-/m0/s1. The van der Waals surface area contributed by atoms with E-state index < -0.39 is 0 Å². The maximum atomic E-state index is 13.1. The third-order valence-electron chi connectivity index (χ3n) is 5.36. The first kappa shape index (κ1) is 18.3. The van der Waals surface area contributed by atoms with Crippen LogP contribution in [0.1, 0.15) is 40.4 Å². The number of hydrogen-bond acceptors (Lipinski definition) is 3. The van der Waals surface area contributed by atoms with Gasteiger partial charge in [-0.15, -0.1) is 0 Å².